The topological polar surface area (TPSA) is 50.7 Å². The molecule has 0 amide bonds. The lowest BCUT2D eigenvalue weighted by molar-refractivity contribution is 0.236. The van der Waals surface area contributed by atoms with E-state index in [4.69, 9.17) is 9.47 Å². The fourth-order valence-electron chi connectivity index (χ4n) is 3.95. The molecule has 0 aliphatic carbocycles. The highest BCUT2D eigenvalue weighted by atomic mass is 16.5. The molecular weight excluding hydrogens is 388 g/mol. The Labute approximate surface area is 184 Å². The summed E-state index contributed by atoms with van der Waals surface area (Å²) >= 11 is 0. The van der Waals surface area contributed by atoms with Gasteiger partial charge in [-0.25, -0.2) is 4.98 Å². The van der Waals surface area contributed by atoms with Crippen LogP contribution >= 0.6 is 0 Å². The number of anilines is 1. The van der Waals surface area contributed by atoms with Gasteiger partial charge in [0.2, 0.25) is 5.88 Å². The van der Waals surface area contributed by atoms with Crippen molar-refractivity contribution in [2.75, 3.05) is 51.3 Å². The maximum absolute atomic E-state index is 5.63. The fraction of sp³-hybridized carbons (Fsp3) is 0.360. The third-order valence-electron chi connectivity index (χ3n) is 5.68. The van der Waals surface area contributed by atoms with Crippen molar-refractivity contribution in [1.29, 1.82) is 0 Å². The molecule has 0 spiro atoms. The number of hydrogen-bond acceptors (Lipinski definition) is 6. The van der Waals surface area contributed by atoms with Gasteiger partial charge in [-0.3, -0.25) is 9.88 Å². The summed E-state index contributed by atoms with van der Waals surface area (Å²) in [6.45, 7) is 6.06. The van der Waals surface area contributed by atoms with E-state index in [0.29, 0.717) is 12.5 Å². The van der Waals surface area contributed by atoms with Crippen LogP contribution in [0, 0.1) is 0 Å². The summed E-state index contributed by atoms with van der Waals surface area (Å²) in [4.78, 5) is 13.2. The number of para-hydroxylation sites is 1. The molecule has 2 aromatic carbocycles. The van der Waals surface area contributed by atoms with E-state index < -0.39 is 0 Å². The molecule has 6 heteroatoms. The Kier molecular flexibility index (Phi) is 7.34. The molecule has 1 fully saturated rings. The molecule has 0 radical (unpaired) electrons. The molecule has 1 aliphatic rings. The highest BCUT2D eigenvalue weighted by molar-refractivity contribution is 5.79. The number of nitrogens with zero attached hydrogens (tertiary/aromatic N) is 4. The summed E-state index contributed by atoms with van der Waals surface area (Å²) in [5.41, 5.74) is 3.81. The predicted octanol–water partition coefficient (Wildman–Crippen LogP) is 4.13. The van der Waals surface area contributed by atoms with Crippen molar-refractivity contribution in [3.8, 4) is 22.8 Å². The molecule has 3 aromatic rings. The van der Waals surface area contributed by atoms with Gasteiger partial charge in [-0.05, 0) is 43.1 Å². The number of hydrogen-bond donors (Lipinski definition) is 0. The number of aromatic nitrogens is 2. The van der Waals surface area contributed by atoms with Crippen LogP contribution in [-0.2, 0) is 0 Å². The first-order chi connectivity index (χ1) is 15.3. The van der Waals surface area contributed by atoms with Crippen molar-refractivity contribution in [1.82, 2.24) is 14.9 Å². The van der Waals surface area contributed by atoms with E-state index in [2.05, 4.69) is 56.2 Å². The zero-order valence-corrected chi connectivity index (χ0v) is 18.1. The van der Waals surface area contributed by atoms with Gasteiger partial charge in [0.15, 0.2) is 0 Å². The van der Waals surface area contributed by atoms with Crippen molar-refractivity contribution in [3.63, 3.8) is 0 Å². The van der Waals surface area contributed by atoms with Crippen LogP contribution < -0.4 is 14.4 Å². The zero-order chi connectivity index (χ0) is 21.3. The zero-order valence-electron chi connectivity index (χ0n) is 18.1. The van der Waals surface area contributed by atoms with Gasteiger partial charge in [0.1, 0.15) is 5.75 Å². The van der Waals surface area contributed by atoms with Crippen molar-refractivity contribution in [3.05, 3.63) is 67.1 Å². The molecule has 0 atom stereocenters. The molecule has 1 saturated heterocycles. The quantitative estimate of drug-likeness (QED) is 0.487. The highest BCUT2D eigenvalue weighted by Crippen LogP contribution is 2.32. The minimum absolute atomic E-state index is 0.603. The minimum Gasteiger partial charge on any atom is -0.497 e. The van der Waals surface area contributed by atoms with Crippen LogP contribution in [0.15, 0.2) is 67.1 Å². The third kappa shape index (κ3) is 5.73. The molecule has 6 nitrogen and oxygen atoms in total. The normalized spacial score (nSPS) is 14.4. The molecular formula is C25H30N4O2. The second-order valence-corrected chi connectivity index (χ2v) is 7.67. The molecule has 0 bridgehead atoms. The molecule has 4 rings (SSSR count). The van der Waals surface area contributed by atoms with E-state index in [1.54, 1.807) is 25.7 Å². The Morgan fingerprint density at radius 1 is 0.903 bits per heavy atom. The lowest BCUT2D eigenvalue weighted by Gasteiger charge is -2.37. The Bertz CT molecular complexity index is 926. The van der Waals surface area contributed by atoms with E-state index in [-0.39, 0.29) is 0 Å². The van der Waals surface area contributed by atoms with Gasteiger partial charge in [-0.2, -0.15) is 0 Å². The number of methoxy groups -OCH3 is 1. The van der Waals surface area contributed by atoms with Gasteiger partial charge in [0, 0.05) is 49.8 Å². The van der Waals surface area contributed by atoms with Gasteiger partial charge in [0.25, 0.3) is 0 Å². The molecule has 162 valence electrons. The average Bonchev–Trinajstić information content (AvgIpc) is 2.85. The summed E-state index contributed by atoms with van der Waals surface area (Å²) < 4.78 is 10.9. The Morgan fingerprint density at radius 3 is 2.45 bits per heavy atom. The second kappa shape index (κ2) is 10.8. The molecule has 31 heavy (non-hydrogen) atoms. The van der Waals surface area contributed by atoms with Crippen LogP contribution in [0.5, 0.6) is 11.6 Å². The number of piperazine rings is 1. The highest BCUT2D eigenvalue weighted by Gasteiger charge is 2.19. The number of benzene rings is 2. The molecule has 1 aliphatic heterocycles. The van der Waals surface area contributed by atoms with E-state index >= 15 is 0 Å². The summed E-state index contributed by atoms with van der Waals surface area (Å²) in [6.07, 6.45) is 7.12. The number of ether oxygens (including phenoxy) is 2. The Balaban J connectivity index is 1.25. The van der Waals surface area contributed by atoms with E-state index in [1.165, 1.54) is 16.8 Å². The Morgan fingerprint density at radius 2 is 1.71 bits per heavy atom. The first-order valence-electron chi connectivity index (χ1n) is 10.9. The smallest absolute Gasteiger partial charge is 0.232 e. The van der Waals surface area contributed by atoms with Crippen LogP contribution in [0.4, 0.5) is 5.69 Å². The van der Waals surface area contributed by atoms with Gasteiger partial charge in [0.05, 0.1) is 19.9 Å². The van der Waals surface area contributed by atoms with E-state index in [1.807, 2.05) is 12.1 Å². The number of unbranched alkanes of at least 4 members (excludes halogenated alkanes) is 1. The van der Waals surface area contributed by atoms with Crippen molar-refractivity contribution < 1.29 is 9.47 Å². The molecule has 0 N–H and O–H groups in total. The maximum atomic E-state index is 5.63. The predicted molar refractivity (Wildman–Crippen MR) is 124 cm³/mol. The van der Waals surface area contributed by atoms with Gasteiger partial charge >= 0.3 is 0 Å². The standard InChI is InChI=1S/C25H30N4O2/c1-30-22-10-8-21(9-11-22)23-6-2-3-7-24(23)29-17-15-28(16-18-29)14-4-5-19-31-25-20-26-12-13-27-25/h2-3,6-13,20H,4-5,14-19H2,1H3. The van der Waals surface area contributed by atoms with E-state index in [9.17, 15) is 0 Å². The lowest BCUT2D eigenvalue weighted by Crippen LogP contribution is -2.46. The lowest BCUT2D eigenvalue weighted by atomic mass is 10.0. The van der Waals surface area contributed by atoms with Crippen LogP contribution in [-0.4, -0.2) is 61.3 Å². The fourth-order valence-corrected chi connectivity index (χ4v) is 3.95. The average molecular weight is 419 g/mol. The van der Waals surface area contributed by atoms with Gasteiger partial charge in [-0.15, -0.1) is 0 Å². The Hall–Kier alpha value is -3.12. The van der Waals surface area contributed by atoms with Crippen molar-refractivity contribution >= 4 is 5.69 Å². The monoisotopic (exact) mass is 418 g/mol. The van der Waals surface area contributed by atoms with Gasteiger partial charge in [-0.1, -0.05) is 30.3 Å². The molecule has 0 saturated carbocycles. The van der Waals surface area contributed by atoms with Crippen molar-refractivity contribution in [2.24, 2.45) is 0 Å². The van der Waals surface area contributed by atoms with Crippen LogP contribution in [0.2, 0.25) is 0 Å². The second-order valence-electron chi connectivity index (χ2n) is 7.67. The largest absolute Gasteiger partial charge is 0.497 e. The molecule has 2 heterocycles. The summed E-state index contributed by atoms with van der Waals surface area (Å²) in [6, 6.07) is 17.0. The summed E-state index contributed by atoms with van der Waals surface area (Å²) in [5, 5.41) is 0. The number of rotatable bonds is 9. The van der Waals surface area contributed by atoms with Crippen LogP contribution in [0.1, 0.15) is 12.8 Å². The molecule has 0 unspecified atom stereocenters. The summed E-state index contributed by atoms with van der Waals surface area (Å²) in [7, 11) is 1.70. The van der Waals surface area contributed by atoms with Crippen molar-refractivity contribution in [2.45, 2.75) is 12.8 Å². The van der Waals surface area contributed by atoms with Crippen LogP contribution in [0.3, 0.4) is 0 Å². The third-order valence-corrected chi connectivity index (χ3v) is 5.68. The van der Waals surface area contributed by atoms with Crippen LogP contribution in [0.25, 0.3) is 11.1 Å². The molecule has 1 aromatic heterocycles. The SMILES string of the molecule is COc1ccc(-c2ccccc2N2CCN(CCCCOc3cnccn3)CC2)cc1. The first kappa shape index (κ1) is 21.1. The maximum Gasteiger partial charge on any atom is 0.232 e. The minimum atomic E-state index is 0.603. The van der Waals surface area contributed by atoms with Gasteiger partial charge < -0.3 is 14.4 Å². The first-order valence-corrected chi connectivity index (χ1v) is 10.9. The van der Waals surface area contributed by atoms with E-state index in [0.717, 1.165) is 51.3 Å². The summed E-state index contributed by atoms with van der Waals surface area (Å²) in [5.74, 6) is 1.49.